The SMILES string of the molecule is CN(CC(=O)c1cccs1)CC1CCCN1. The monoisotopic (exact) mass is 238 g/mol. The molecule has 1 unspecified atom stereocenters. The topological polar surface area (TPSA) is 32.3 Å². The van der Waals surface area contributed by atoms with Gasteiger partial charge in [-0.05, 0) is 37.9 Å². The van der Waals surface area contributed by atoms with Crippen LogP contribution in [0.1, 0.15) is 22.5 Å². The highest BCUT2D eigenvalue weighted by molar-refractivity contribution is 7.12. The fourth-order valence-corrected chi connectivity index (χ4v) is 2.77. The average Bonchev–Trinajstić information content (AvgIpc) is 2.88. The van der Waals surface area contributed by atoms with E-state index < -0.39 is 0 Å². The first-order valence-corrected chi connectivity index (χ1v) is 6.62. The number of nitrogens with one attached hydrogen (secondary N) is 1. The van der Waals surface area contributed by atoms with Gasteiger partial charge in [-0.25, -0.2) is 0 Å². The van der Waals surface area contributed by atoms with Crippen molar-refractivity contribution < 1.29 is 4.79 Å². The summed E-state index contributed by atoms with van der Waals surface area (Å²) >= 11 is 1.52. The fourth-order valence-electron chi connectivity index (χ4n) is 2.11. The number of nitrogens with zero attached hydrogens (tertiary/aromatic N) is 1. The Labute approximate surface area is 100 Å². The Morgan fingerprint density at radius 1 is 1.69 bits per heavy atom. The lowest BCUT2D eigenvalue weighted by atomic mass is 10.2. The Hall–Kier alpha value is -0.710. The van der Waals surface area contributed by atoms with Crippen LogP contribution in [0.2, 0.25) is 0 Å². The van der Waals surface area contributed by atoms with Gasteiger partial charge in [0.2, 0.25) is 0 Å². The standard InChI is InChI=1S/C12H18N2OS/c1-14(8-10-4-2-6-13-10)9-11(15)12-5-3-7-16-12/h3,5,7,10,13H,2,4,6,8-9H2,1H3. The van der Waals surface area contributed by atoms with E-state index in [1.807, 2.05) is 24.6 Å². The molecule has 88 valence electrons. The number of ketones is 1. The number of hydrogen-bond acceptors (Lipinski definition) is 4. The summed E-state index contributed by atoms with van der Waals surface area (Å²) in [7, 11) is 2.02. The van der Waals surface area contributed by atoms with Gasteiger partial charge in [-0.1, -0.05) is 6.07 Å². The predicted molar refractivity (Wildman–Crippen MR) is 67.2 cm³/mol. The third kappa shape index (κ3) is 3.14. The smallest absolute Gasteiger partial charge is 0.186 e. The van der Waals surface area contributed by atoms with Gasteiger partial charge in [-0.2, -0.15) is 0 Å². The molecule has 1 aliphatic heterocycles. The molecule has 1 atom stereocenters. The van der Waals surface area contributed by atoms with Gasteiger partial charge in [0.1, 0.15) is 0 Å². The maximum absolute atomic E-state index is 11.8. The molecular formula is C12H18N2OS. The molecule has 0 amide bonds. The molecule has 1 fully saturated rings. The zero-order valence-corrected chi connectivity index (χ0v) is 10.4. The predicted octanol–water partition coefficient (Wildman–Crippen LogP) is 1.61. The van der Waals surface area contributed by atoms with Gasteiger partial charge in [0.15, 0.2) is 5.78 Å². The quantitative estimate of drug-likeness (QED) is 0.791. The van der Waals surface area contributed by atoms with Crippen molar-refractivity contribution in [3.8, 4) is 0 Å². The highest BCUT2D eigenvalue weighted by Crippen LogP contribution is 2.11. The van der Waals surface area contributed by atoms with E-state index in [0.29, 0.717) is 12.6 Å². The first-order valence-electron chi connectivity index (χ1n) is 5.74. The number of likely N-dealkylation sites (N-methyl/N-ethyl adjacent to an activating group) is 1. The minimum Gasteiger partial charge on any atom is -0.313 e. The maximum Gasteiger partial charge on any atom is 0.186 e. The van der Waals surface area contributed by atoms with Crippen LogP contribution in [-0.4, -0.2) is 43.4 Å². The Balaban J connectivity index is 1.78. The molecule has 0 radical (unpaired) electrons. The zero-order valence-electron chi connectivity index (χ0n) is 9.61. The van der Waals surface area contributed by atoms with Gasteiger partial charge in [-0.15, -0.1) is 11.3 Å². The van der Waals surface area contributed by atoms with Gasteiger partial charge in [0.25, 0.3) is 0 Å². The van der Waals surface area contributed by atoms with Crippen molar-refractivity contribution in [1.82, 2.24) is 10.2 Å². The molecule has 2 heterocycles. The van der Waals surface area contributed by atoms with E-state index >= 15 is 0 Å². The first-order chi connectivity index (χ1) is 7.75. The number of Topliss-reactive ketones (excluding diaryl/α,β-unsaturated/α-hetero) is 1. The molecule has 0 spiro atoms. The van der Waals surface area contributed by atoms with E-state index in [2.05, 4.69) is 10.2 Å². The van der Waals surface area contributed by atoms with E-state index in [4.69, 9.17) is 0 Å². The molecule has 1 saturated heterocycles. The summed E-state index contributed by atoms with van der Waals surface area (Å²) in [5.74, 6) is 0.232. The van der Waals surface area contributed by atoms with E-state index in [1.54, 1.807) is 0 Å². The van der Waals surface area contributed by atoms with Crippen molar-refractivity contribution in [3.63, 3.8) is 0 Å². The molecule has 1 N–H and O–H groups in total. The molecule has 3 nitrogen and oxygen atoms in total. The normalized spacial score (nSPS) is 20.5. The first kappa shape index (κ1) is 11.8. The summed E-state index contributed by atoms with van der Waals surface area (Å²) in [5, 5.41) is 5.40. The number of thiophene rings is 1. The van der Waals surface area contributed by atoms with Crippen LogP contribution in [0.3, 0.4) is 0 Å². The van der Waals surface area contributed by atoms with Crippen LogP contribution < -0.4 is 5.32 Å². The lowest BCUT2D eigenvalue weighted by Crippen LogP contribution is -2.37. The molecule has 1 aliphatic rings. The van der Waals surface area contributed by atoms with Gasteiger partial charge < -0.3 is 5.32 Å². The number of carbonyl (C=O) groups excluding carboxylic acids is 1. The van der Waals surface area contributed by atoms with Crippen molar-refractivity contribution in [1.29, 1.82) is 0 Å². The summed E-state index contributed by atoms with van der Waals surface area (Å²) in [6.07, 6.45) is 2.49. The Morgan fingerprint density at radius 3 is 3.19 bits per heavy atom. The molecule has 0 aromatic carbocycles. The highest BCUT2D eigenvalue weighted by Gasteiger charge is 2.17. The van der Waals surface area contributed by atoms with E-state index in [0.717, 1.165) is 18.0 Å². The number of hydrogen-bond donors (Lipinski definition) is 1. The van der Waals surface area contributed by atoms with Crippen molar-refractivity contribution in [2.45, 2.75) is 18.9 Å². The molecular weight excluding hydrogens is 220 g/mol. The third-order valence-electron chi connectivity index (χ3n) is 2.90. The molecule has 0 saturated carbocycles. The average molecular weight is 238 g/mol. The van der Waals surface area contributed by atoms with Crippen molar-refractivity contribution in [3.05, 3.63) is 22.4 Å². The zero-order chi connectivity index (χ0) is 11.4. The van der Waals surface area contributed by atoms with E-state index in [1.165, 1.54) is 24.2 Å². The third-order valence-corrected chi connectivity index (χ3v) is 3.81. The molecule has 0 aliphatic carbocycles. The van der Waals surface area contributed by atoms with Crippen molar-refractivity contribution >= 4 is 17.1 Å². The van der Waals surface area contributed by atoms with Crippen molar-refractivity contribution in [2.24, 2.45) is 0 Å². The summed E-state index contributed by atoms with van der Waals surface area (Å²) in [5.41, 5.74) is 0. The summed E-state index contributed by atoms with van der Waals surface area (Å²) in [6, 6.07) is 4.39. The van der Waals surface area contributed by atoms with Crippen LogP contribution in [0.4, 0.5) is 0 Å². The van der Waals surface area contributed by atoms with Crippen LogP contribution >= 0.6 is 11.3 Å². The Bertz CT molecular complexity index is 331. The number of carbonyl (C=O) groups is 1. The minimum absolute atomic E-state index is 0.232. The fraction of sp³-hybridized carbons (Fsp3) is 0.583. The second-order valence-electron chi connectivity index (χ2n) is 4.39. The minimum atomic E-state index is 0.232. The molecule has 16 heavy (non-hydrogen) atoms. The second kappa shape index (κ2) is 5.57. The summed E-state index contributed by atoms with van der Waals surface area (Å²) in [6.45, 7) is 2.62. The second-order valence-corrected chi connectivity index (χ2v) is 5.34. The van der Waals surface area contributed by atoms with Gasteiger partial charge in [0, 0.05) is 12.6 Å². The van der Waals surface area contributed by atoms with Crippen molar-refractivity contribution in [2.75, 3.05) is 26.7 Å². The molecule has 2 rings (SSSR count). The lowest BCUT2D eigenvalue weighted by Gasteiger charge is -2.19. The van der Waals surface area contributed by atoms with E-state index in [-0.39, 0.29) is 5.78 Å². The molecule has 0 bridgehead atoms. The van der Waals surface area contributed by atoms with Crippen LogP contribution in [0.5, 0.6) is 0 Å². The lowest BCUT2D eigenvalue weighted by molar-refractivity contribution is 0.0946. The summed E-state index contributed by atoms with van der Waals surface area (Å²) in [4.78, 5) is 14.8. The van der Waals surface area contributed by atoms with Gasteiger partial charge in [0.05, 0.1) is 11.4 Å². The molecule has 1 aromatic heterocycles. The molecule has 1 aromatic rings. The van der Waals surface area contributed by atoms with E-state index in [9.17, 15) is 4.79 Å². The van der Waals surface area contributed by atoms with Crippen LogP contribution in [0.25, 0.3) is 0 Å². The largest absolute Gasteiger partial charge is 0.313 e. The van der Waals surface area contributed by atoms with Gasteiger partial charge in [-0.3, -0.25) is 9.69 Å². The molecule has 4 heteroatoms. The van der Waals surface area contributed by atoms with Crippen LogP contribution in [0.15, 0.2) is 17.5 Å². The van der Waals surface area contributed by atoms with Crippen LogP contribution in [0, 0.1) is 0 Å². The highest BCUT2D eigenvalue weighted by atomic mass is 32.1. The Morgan fingerprint density at radius 2 is 2.56 bits per heavy atom. The summed E-state index contributed by atoms with van der Waals surface area (Å²) < 4.78 is 0. The maximum atomic E-state index is 11.8. The van der Waals surface area contributed by atoms with Gasteiger partial charge >= 0.3 is 0 Å². The Kier molecular flexibility index (Phi) is 4.09. The number of rotatable bonds is 5. The van der Waals surface area contributed by atoms with Crippen LogP contribution in [-0.2, 0) is 0 Å².